The van der Waals surface area contributed by atoms with Gasteiger partial charge in [0.1, 0.15) is 0 Å². The normalized spacial score (nSPS) is 12.0. The Labute approximate surface area is 166 Å². The van der Waals surface area contributed by atoms with E-state index >= 15 is 0 Å². The van der Waals surface area contributed by atoms with Gasteiger partial charge in [0.15, 0.2) is 11.6 Å². The van der Waals surface area contributed by atoms with E-state index in [4.69, 9.17) is 9.47 Å². The molecule has 3 rings (SSSR count). The Hall–Kier alpha value is -3.52. The number of nitro groups is 1. The van der Waals surface area contributed by atoms with Crippen LogP contribution in [-0.2, 0) is 11.3 Å². The van der Waals surface area contributed by atoms with E-state index in [1.54, 1.807) is 11.8 Å². The number of aromatic nitrogens is 2. The molecule has 0 atom stereocenters. The Morgan fingerprint density at radius 2 is 2.10 bits per heavy atom. The molecule has 29 heavy (non-hydrogen) atoms. The molecule has 3 aromatic rings. The van der Waals surface area contributed by atoms with Crippen LogP contribution in [0.1, 0.15) is 6.92 Å². The molecule has 8 heteroatoms. The van der Waals surface area contributed by atoms with Gasteiger partial charge < -0.3 is 9.47 Å². The number of benzene rings is 2. The summed E-state index contributed by atoms with van der Waals surface area (Å²) in [6, 6.07) is 10.7. The first-order valence-electron chi connectivity index (χ1n) is 8.91. The molecule has 0 spiro atoms. The molecule has 150 valence electrons. The third-order valence-electron chi connectivity index (χ3n) is 4.25. The Morgan fingerprint density at radius 1 is 1.31 bits per heavy atom. The number of rotatable bonds is 8. The lowest BCUT2D eigenvalue weighted by molar-refractivity contribution is -0.385. The third kappa shape index (κ3) is 4.67. The Kier molecular flexibility index (Phi) is 6.36. The van der Waals surface area contributed by atoms with Crippen molar-refractivity contribution in [3.63, 3.8) is 0 Å². The molecular formula is C21H20FN3O4. The zero-order valence-corrected chi connectivity index (χ0v) is 16.0. The zero-order chi connectivity index (χ0) is 20.8. The van der Waals surface area contributed by atoms with Crippen LogP contribution in [0.3, 0.4) is 0 Å². The summed E-state index contributed by atoms with van der Waals surface area (Å²) in [6.45, 7) is 2.93. The van der Waals surface area contributed by atoms with Crippen LogP contribution in [0, 0.1) is 15.9 Å². The monoisotopic (exact) mass is 397 g/mol. The number of hydrogen-bond acceptors (Lipinski definition) is 5. The Bertz CT molecular complexity index is 1090. The molecule has 0 fully saturated rings. The smallest absolute Gasteiger partial charge is 0.272 e. The lowest BCUT2D eigenvalue weighted by Gasteiger charge is -2.05. The van der Waals surface area contributed by atoms with Gasteiger partial charge in [0.2, 0.25) is 5.88 Å². The average molecular weight is 397 g/mol. The molecule has 0 saturated heterocycles. The number of hydrogen-bond donors (Lipinski definition) is 0. The maximum Gasteiger partial charge on any atom is 0.272 e. The molecule has 0 aliphatic carbocycles. The van der Waals surface area contributed by atoms with Gasteiger partial charge in [0.05, 0.1) is 35.0 Å². The lowest BCUT2D eigenvalue weighted by atomic mass is 10.2. The molecule has 0 amide bonds. The summed E-state index contributed by atoms with van der Waals surface area (Å²) in [5, 5.41) is 16.0. The molecule has 0 aliphatic heterocycles. The molecule has 0 saturated carbocycles. The molecule has 1 aromatic heterocycles. The van der Waals surface area contributed by atoms with Crippen molar-refractivity contribution in [1.29, 1.82) is 0 Å². The van der Waals surface area contributed by atoms with Gasteiger partial charge in [-0.15, -0.1) is 5.10 Å². The van der Waals surface area contributed by atoms with Crippen LogP contribution >= 0.6 is 0 Å². The van der Waals surface area contributed by atoms with Gasteiger partial charge in [-0.3, -0.25) is 14.8 Å². The number of fused-ring (bicyclic) bond motifs is 1. The van der Waals surface area contributed by atoms with E-state index in [0.717, 1.165) is 17.2 Å². The second-order valence-corrected chi connectivity index (χ2v) is 6.18. The van der Waals surface area contributed by atoms with Crippen molar-refractivity contribution in [2.75, 3.05) is 13.7 Å². The van der Waals surface area contributed by atoms with Crippen LogP contribution in [0.15, 0.2) is 66.3 Å². The molecule has 2 aromatic carbocycles. The second kappa shape index (κ2) is 9.11. The number of methoxy groups -OCH3 is 1. The molecule has 0 N–H and O–H groups in total. The van der Waals surface area contributed by atoms with Crippen molar-refractivity contribution in [2.24, 2.45) is 0 Å². The minimum atomic E-state index is -0.825. The number of nitro benzene ring substituents is 1. The van der Waals surface area contributed by atoms with E-state index in [9.17, 15) is 14.5 Å². The number of para-hydroxylation sites is 1. The number of halogens is 1. The maximum atomic E-state index is 14.2. The fourth-order valence-corrected chi connectivity index (χ4v) is 2.79. The van der Waals surface area contributed by atoms with Crippen LogP contribution < -0.4 is 4.74 Å². The molecule has 0 bridgehead atoms. The molecule has 7 nitrogen and oxygen atoms in total. The summed E-state index contributed by atoms with van der Waals surface area (Å²) in [5.41, 5.74) is 1.50. The summed E-state index contributed by atoms with van der Waals surface area (Å²) >= 11 is 0. The van der Waals surface area contributed by atoms with Crippen molar-refractivity contribution < 1.29 is 18.8 Å². The number of ether oxygens (including phenoxy) is 2. The van der Waals surface area contributed by atoms with E-state index in [-0.39, 0.29) is 17.3 Å². The Morgan fingerprint density at radius 3 is 2.79 bits per heavy atom. The lowest BCUT2D eigenvalue weighted by Crippen LogP contribution is -2.02. The van der Waals surface area contributed by atoms with Crippen LogP contribution in [0.2, 0.25) is 0 Å². The van der Waals surface area contributed by atoms with E-state index in [0.29, 0.717) is 18.5 Å². The van der Waals surface area contributed by atoms with Crippen molar-refractivity contribution in [1.82, 2.24) is 9.78 Å². The van der Waals surface area contributed by atoms with Gasteiger partial charge in [-0.25, -0.2) is 4.39 Å². The highest BCUT2D eigenvalue weighted by Gasteiger charge is 2.17. The largest absolute Gasteiger partial charge is 0.434 e. The van der Waals surface area contributed by atoms with E-state index in [1.165, 1.54) is 12.1 Å². The van der Waals surface area contributed by atoms with Crippen LogP contribution in [0.4, 0.5) is 10.1 Å². The van der Waals surface area contributed by atoms with Gasteiger partial charge in [-0.05, 0) is 30.7 Å². The quantitative estimate of drug-likeness (QED) is 0.303. The number of allylic oxidation sites excluding steroid dienone is 3. The van der Waals surface area contributed by atoms with E-state index < -0.39 is 10.7 Å². The number of non-ortho nitro benzene ring substituents is 1. The van der Waals surface area contributed by atoms with E-state index in [2.05, 4.69) is 5.10 Å². The van der Waals surface area contributed by atoms with Gasteiger partial charge in [0, 0.05) is 13.2 Å². The number of nitrogens with zero attached hydrogens (tertiary/aromatic N) is 3. The van der Waals surface area contributed by atoms with Gasteiger partial charge in [-0.2, -0.15) is 0 Å². The molecule has 0 unspecified atom stereocenters. The van der Waals surface area contributed by atoms with Crippen molar-refractivity contribution in [2.45, 2.75) is 13.5 Å². The maximum absolute atomic E-state index is 14.2. The van der Waals surface area contributed by atoms with Crippen molar-refractivity contribution in [3.8, 4) is 11.6 Å². The fourth-order valence-electron chi connectivity index (χ4n) is 2.79. The SMILES string of the molecule is CC=C(C=CCOC)Cn1nc(Oc2ccc([N+](=O)[O-])cc2F)c2ccccc21. The predicted molar refractivity (Wildman–Crippen MR) is 108 cm³/mol. The highest BCUT2D eigenvalue weighted by Crippen LogP contribution is 2.32. The summed E-state index contributed by atoms with van der Waals surface area (Å²) in [6.07, 6.45) is 5.83. The molecular weight excluding hydrogens is 377 g/mol. The highest BCUT2D eigenvalue weighted by molar-refractivity contribution is 5.84. The molecule has 0 radical (unpaired) electrons. The van der Waals surface area contributed by atoms with Gasteiger partial charge in [-0.1, -0.05) is 30.4 Å². The first kappa shape index (κ1) is 20.2. The third-order valence-corrected chi connectivity index (χ3v) is 4.25. The minimum absolute atomic E-state index is 0.128. The molecule has 1 heterocycles. The minimum Gasteiger partial charge on any atom is -0.434 e. The molecule has 0 aliphatic rings. The summed E-state index contributed by atoms with van der Waals surface area (Å²) in [5.74, 6) is -0.726. The predicted octanol–water partition coefficient (Wildman–Crippen LogP) is 5.02. The van der Waals surface area contributed by atoms with Crippen molar-refractivity contribution in [3.05, 3.63) is 82.2 Å². The topological polar surface area (TPSA) is 79.4 Å². The van der Waals surface area contributed by atoms with Crippen molar-refractivity contribution >= 4 is 16.6 Å². The summed E-state index contributed by atoms with van der Waals surface area (Å²) in [7, 11) is 1.63. The first-order valence-corrected chi connectivity index (χ1v) is 8.91. The fraction of sp³-hybridized carbons (Fsp3) is 0.190. The average Bonchev–Trinajstić information content (AvgIpc) is 3.06. The zero-order valence-electron chi connectivity index (χ0n) is 16.0. The highest BCUT2D eigenvalue weighted by atomic mass is 19.1. The summed E-state index contributed by atoms with van der Waals surface area (Å²) in [4.78, 5) is 10.1. The second-order valence-electron chi connectivity index (χ2n) is 6.18. The standard InChI is InChI=1S/C21H20FN3O4/c1-3-15(7-6-12-28-2)14-24-19-9-5-4-8-17(19)21(23-24)29-20-11-10-16(25(26)27)13-18(20)22/h3-11,13H,12,14H2,1-2H3. The van der Waals surface area contributed by atoms with Crippen LogP contribution in [-0.4, -0.2) is 28.4 Å². The van der Waals surface area contributed by atoms with E-state index in [1.807, 2.05) is 49.4 Å². The summed E-state index contributed by atoms with van der Waals surface area (Å²) < 4.78 is 26.7. The van der Waals surface area contributed by atoms with Crippen LogP contribution in [0.5, 0.6) is 11.6 Å². The van der Waals surface area contributed by atoms with Crippen LogP contribution in [0.25, 0.3) is 10.9 Å². The van der Waals surface area contributed by atoms with Gasteiger partial charge in [0.25, 0.3) is 5.69 Å². The first-order chi connectivity index (χ1) is 14.0. The Balaban J connectivity index is 1.93. The van der Waals surface area contributed by atoms with Gasteiger partial charge >= 0.3 is 0 Å².